The van der Waals surface area contributed by atoms with Crippen LogP contribution in [0.4, 0.5) is 20.2 Å². The summed E-state index contributed by atoms with van der Waals surface area (Å²) in [6.07, 6.45) is 6.44. The van der Waals surface area contributed by atoms with E-state index >= 15 is 8.78 Å². The maximum absolute atomic E-state index is 15.7. The van der Waals surface area contributed by atoms with E-state index in [-0.39, 0.29) is 35.6 Å². The Balaban J connectivity index is 1.01. The molecule has 10 rings (SSSR count). The molecule has 0 amide bonds. The van der Waals surface area contributed by atoms with Crippen LogP contribution in [-0.4, -0.2) is 41.8 Å². The monoisotopic (exact) mass is 858 g/mol. The van der Waals surface area contributed by atoms with Crippen molar-refractivity contribution in [2.75, 3.05) is 9.80 Å². The van der Waals surface area contributed by atoms with Crippen molar-refractivity contribution < 1.29 is 48.5 Å². The molecule has 4 heterocycles. The Bertz CT molecular complexity index is 2870. The average Bonchev–Trinajstić information content (AvgIpc) is 3.80. The molecule has 0 saturated carbocycles. The Morgan fingerprint density at radius 1 is 0.484 bits per heavy atom. The van der Waals surface area contributed by atoms with Crippen LogP contribution in [0.5, 0.6) is 23.5 Å². The first kappa shape index (κ1) is 39.6. The zero-order valence-corrected chi connectivity index (χ0v) is 33.7. The first-order chi connectivity index (χ1) is 31.0. The van der Waals surface area contributed by atoms with E-state index < -0.39 is 35.5 Å². The molecule has 0 atom stereocenters. The summed E-state index contributed by atoms with van der Waals surface area (Å²) >= 11 is 0. The molecule has 318 valence electrons. The van der Waals surface area contributed by atoms with Crippen molar-refractivity contribution in [3.8, 4) is 23.5 Å². The number of aromatic nitrogens is 2. The van der Waals surface area contributed by atoms with Crippen molar-refractivity contribution in [1.82, 2.24) is 9.46 Å². The molecule has 4 aliphatic rings. The summed E-state index contributed by atoms with van der Waals surface area (Å²) in [6, 6.07) is 33.9. The van der Waals surface area contributed by atoms with Gasteiger partial charge in [-0.2, -0.15) is 0 Å². The van der Waals surface area contributed by atoms with Crippen molar-refractivity contribution in [3.05, 3.63) is 213 Å². The number of halogens is 2. The lowest BCUT2D eigenvalue weighted by Gasteiger charge is -2.42. The van der Waals surface area contributed by atoms with E-state index in [4.69, 9.17) is 9.68 Å². The second-order valence-electron chi connectivity index (χ2n) is 15.4. The summed E-state index contributed by atoms with van der Waals surface area (Å²) in [5, 5.41) is 39.7. The van der Waals surface area contributed by atoms with Crippen LogP contribution in [0.25, 0.3) is 11.1 Å². The standard InChI is InChI=1S/C50H36F2N4O8/c51-33-17-19-41-37(25-33)47(35-5-1-3-7-39(35)53(41)27-29-9-13-31(14-10-29)49(61)63-55-43(57)21-22-44(55)58)48-36-6-2-4-8-40(36)54(42-20-18-34(52)26-38(42)48)28-30-11-15-32(16-12-30)50(62)64-56-45(59)23-24-46(56)60/h1-24,57-60H,25-28H2. The third-order valence-electron chi connectivity index (χ3n) is 11.5. The molecule has 0 bridgehead atoms. The smallest absolute Gasteiger partial charge is 0.363 e. The number of rotatable bonds is 9. The maximum Gasteiger partial charge on any atom is 0.363 e. The number of benzene rings is 4. The quantitative estimate of drug-likeness (QED) is 0.111. The van der Waals surface area contributed by atoms with Crippen molar-refractivity contribution >= 4 is 34.5 Å². The normalized spacial score (nSPS) is 15.3. The van der Waals surface area contributed by atoms with Crippen molar-refractivity contribution in [1.29, 1.82) is 0 Å². The van der Waals surface area contributed by atoms with Gasteiger partial charge in [0.1, 0.15) is 11.7 Å². The largest absolute Gasteiger partial charge is 0.492 e. The Labute approximate surface area is 363 Å². The second kappa shape index (κ2) is 15.7. The fourth-order valence-corrected chi connectivity index (χ4v) is 8.57. The van der Waals surface area contributed by atoms with Crippen LogP contribution < -0.4 is 19.5 Å². The van der Waals surface area contributed by atoms with Gasteiger partial charge in [-0.1, -0.05) is 60.7 Å². The summed E-state index contributed by atoms with van der Waals surface area (Å²) < 4.78 is 32.6. The number of hydrogen-bond acceptors (Lipinski definition) is 10. The zero-order valence-electron chi connectivity index (χ0n) is 33.7. The topological polar surface area (TPSA) is 150 Å². The summed E-state index contributed by atoms with van der Waals surface area (Å²) in [5.41, 5.74) is 9.96. The molecule has 6 aromatic rings. The van der Waals surface area contributed by atoms with Crippen LogP contribution in [0, 0.1) is 0 Å². The number of para-hydroxylation sites is 2. The maximum atomic E-state index is 15.7. The highest BCUT2D eigenvalue weighted by molar-refractivity contribution is 6.16. The van der Waals surface area contributed by atoms with Gasteiger partial charge in [0.05, 0.1) is 11.1 Å². The van der Waals surface area contributed by atoms with E-state index in [1.807, 2.05) is 48.5 Å². The van der Waals surface area contributed by atoms with E-state index in [9.17, 15) is 30.0 Å². The van der Waals surface area contributed by atoms with Crippen LogP contribution >= 0.6 is 0 Å². The Morgan fingerprint density at radius 3 is 1.22 bits per heavy atom. The molecule has 2 aliphatic carbocycles. The molecule has 14 heteroatoms. The minimum absolute atomic E-state index is 0.00571. The third-order valence-corrected chi connectivity index (χ3v) is 11.5. The number of aromatic hydroxyl groups is 4. The van der Waals surface area contributed by atoms with Gasteiger partial charge < -0.3 is 39.9 Å². The van der Waals surface area contributed by atoms with Gasteiger partial charge in [-0.25, -0.2) is 18.4 Å². The van der Waals surface area contributed by atoms with Gasteiger partial charge in [0, 0.05) is 84.1 Å². The molecule has 4 aromatic carbocycles. The number of nitrogens with zero attached hydrogens (tertiary/aromatic N) is 4. The molecule has 0 unspecified atom stereocenters. The number of hydrogen-bond donors (Lipinski definition) is 4. The van der Waals surface area contributed by atoms with E-state index in [0.717, 1.165) is 67.3 Å². The minimum Gasteiger partial charge on any atom is -0.492 e. The number of fused-ring (bicyclic) bond motifs is 4. The molecule has 2 aromatic heterocycles. The lowest BCUT2D eigenvalue weighted by molar-refractivity contribution is 0.0376. The first-order valence-electron chi connectivity index (χ1n) is 20.2. The highest BCUT2D eigenvalue weighted by Crippen LogP contribution is 2.55. The molecular formula is C50H36F2N4O8. The number of anilines is 2. The van der Waals surface area contributed by atoms with E-state index in [0.29, 0.717) is 22.6 Å². The molecule has 0 spiro atoms. The van der Waals surface area contributed by atoms with Gasteiger partial charge in [-0.15, -0.1) is 9.46 Å². The van der Waals surface area contributed by atoms with E-state index in [2.05, 4.69) is 9.80 Å². The van der Waals surface area contributed by atoms with Gasteiger partial charge >= 0.3 is 11.9 Å². The predicted molar refractivity (Wildman–Crippen MR) is 233 cm³/mol. The summed E-state index contributed by atoms with van der Waals surface area (Å²) in [4.78, 5) is 40.4. The van der Waals surface area contributed by atoms with Crippen LogP contribution in [0.3, 0.4) is 0 Å². The van der Waals surface area contributed by atoms with E-state index in [1.165, 1.54) is 36.4 Å². The van der Waals surface area contributed by atoms with Crippen LogP contribution in [0.1, 0.15) is 55.8 Å². The van der Waals surface area contributed by atoms with Gasteiger partial charge in [-0.05, 0) is 94.1 Å². The fourth-order valence-electron chi connectivity index (χ4n) is 8.57. The van der Waals surface area contributed by atoms with Crippen molar-refractivity contribution in [3.63, 3.8) is 0 Å². The lowest BCUT2D eigenvalue weighted by atomic mass is 9.75. The molecule has 0 saturated heterocycles. The molecule has 64 heavy (non-hydrogen) atoms. The average molecular weight is 859 g/mol. The minimum atomic E-state index is -0.792. The van der Waals surface area contributed by atoms with Crippen LogP contribution in [-0.2, 0) is 13.1 Å². The number of carbonyl (C=O) groups excluding carboxylic acids is 2. The molecule has 2 aliphatic heterocycles. The highest BCUT2D eigenvalue weighted by Gasteiger charge is 2.38. The molecule has 12 nitrogen and oxygen atoms in total. The second-order valence-corrected chi connectivity index (χ2v) is 15.4. The number of carbonyl (C=O) groups is 2. The Kier molecular flexibility index (Phi) is 9.74. The summed E-state index contributed by atoms with van der Waals surface area (Å²) in [7, 11) is 0. The lowest BCUT2D eigenvalue weighted by Crippen LogP contribution is -2.32. The predicted octanol–water partition coefficient (Wildman–Crippen LogP) is 9.18. The van der Waals surface area contributed by atoms with Crippen LogP contribution in [0.15, 0.2) is 180 Å². The zero-order chi connectivity index (χ0) is 44.2. The van der Waals surface area contributed by atoms with Gasteiger partial charge in [0.2, 0.25) is 23.5 Å². The summed E-state index contributed by atoms with van der Waals surface area (Å²) in [6.45, 7) is 0.687. The SMILES string of the molecule is O=C(On1c(O)ccc1O)c1ccc(CN2C3=CC=C(F)CC3=C(C3=C4CC(F)=CC=C4N(Cc4ccc(C(=O)On5c(O)ccc5O)cc4)c4ccccc43)c3ccccc32)cc1. The highest BCUT2D eigenvalue weighted by atomic mass is 19.1. The molecule has 0 fully saturated rings. The Hall–Kier alpha value is -8.52. The van der Waals surface area contributed by atoms with Gasteiger partial charge in [0.15, 0.2) is 0 Å². The molecule has 0 radical (unpaired) electrons. The molecule has 4 N–H and O–H groups in total. The number of allylic oxidation sites excluding steroid dienone is 10. The fraction of sp³-hybridized carbons (Fsp3) is 0.0800. The molecular weight excluding hydrogens is 823 g/mol. The first-order valence-corrected chi connectivity index (χ1v) is 20.2. The van der Waals surface area contributed by atoms with Gasteiger partial charge in [0.25, 0.3) is 0 Å². The van der Waals surface area contributed by atoms with Crippen LogP contribution in [0.2, 0.25) is 0 Å². The van der Waals surface area contributed by atoms with E-state index in [1.54, 1.807) is 60.7 Å². The van der Waals surface area contributed by atoms with Crippen molar-refractivity contribution in [2.45, 2.75) is 25.9 Å². The summed E-state index contributed by atoms with van der Waals surface area (Å²) in [5.74, 6) is -3.98. The van der Waals surface area contributed by atoms with Crippen molar-refractivity contribution in [2.24, 2.45) is 0 Å². The third kappa shape index (κ3) is 6.96. The van der Waals surface area contributed by atoms with Gasteiger partial charge in [-0.3, -0.25) is 0 Å². The Morgan fingerprint density at radius 2 is 0.844 bits per heavy atom.